The number of hydrogen-bond acceptors (Lipinski definition) is 3. The molecule has 1 aliphatic rings. The van der Waals surface area contributed by atoms with Crippen LogP contribution in [0.4, 0.5) is 4.39 Å². The topological polar surface area (TPSA) is 34.1 Å². The molecule has 0 bridgehead atoms. The van der Waals surface area contributed by atoms with E-state index in [1.165, 1.54) is 6.07 Å². The predicted molar refractivity (Wildman–Crippen MR) is 102 cm³/mol. The van der Waals surface area contributed by atoms with E-state index in [9.17, 15) is 4.39 Å². The molecule has 3 aromatic rings. The molecule has 0 unspecified atom stereocenters. The van der Waals surface area contributed by atoms with Crippen LogP contribution >= 0.6 is 0 Å². The summed E-state index contributed by atoms with van der Waals surface area (Å²) in [7, 11) is 0. The second-order valence-corrected chi connectivity index (χ2v) is 6.99. The van der Waals surface area contributed by atoms with Crippen molar-refractivity contribution in [3.05, 3.63) is 72.3 Å². The molecule has 0 amide bonds. The van der Waals surface area contributed by atoms with Crippen LogP contribution in [-0.4, -0.2) is 17.1 Å². The van der Waals surface area contributed by atoms with Gasteiger partial charge < -0.3 is 10.1 Å². The summed E-state index contributed by atoms with van der Waals surface area (Å²) in [5, 5.41) is 5.83. The molecule has 1 aliphatic carbocycles. The van der Waals surface area contributed by atoms with Crippen LogP contribution in [0, 0.1) is 5.82 Å². The molecule has 4 rings (SSSR count). The Morgan fingerprint density at radius 3 is 2.73 bits per heavy atom. The molecule has 26 heavy (non-hydrogen) atoms. The molecular weight excluding hydrogens is 327 g/mol. The van der Waals surface area contributed by atoms with Gasteiger partial charge in [-0.1, -0.05) is 12.1 Å². The SMILES string of the molecule is Fc1cccc(CNC2CCC(Oc3ccc4cnccc4c3)CC2)c1. The number of pyridine rings is 1. The van der Waals surface area contributed by atoms with Gasteiger partial charge in [0.25, 0.3) is 0 Å². The normalized spacial score (nSPS) is 20.2. The highest BCUT2D eigenvalue weighted by atomic mass is 19.1. The molecule has 0 radical (unpaired) electrons. The number of hydrogen-bond donors (Lipinski definition) is 1. The number of ether oxygens (including phenoxy) is 1. The van der Waals surface area contributed by atoms with Crippen LogP contribution in [0.3, 0.4) is 0 Å². The first-order chi connectivity index (χ1) is 12.8. The Hall–Kier alpha value is -2.46. The van der Waals surface area contributed by atoms with E-state index in [-0.39, 0.29) is 11.9 Å². The minimum absolute atomic E-state index is 0.174. The van der Waals surface area contributed by atoms with Crippen LogP contribution in [0.1, 0.15) is 31.2 Å². The number of fused-ring (bicyclic) bond motifs is 1. The summed E-state index contributed by atoms with van der Waals surface area (Å²) in [6.07, 6.45) is 8.18. The van der Waals surface area contributed by atoms with Crippen LogP contribution in [-0.2, 0) is 6.54 Å². The molecule has 1 saturated carbocycles. The maximum Gasteiger partial charge on any atom is 0.123 e. The molecular formula is C22H23FN2O. The van der Waals surface area contributed by atoms with Gasteiger partial charge in [-0.15, -0.1) is 0 Å². The van der Waals surface area contributed by atoms with E-state index < -0.39 is 0 Å². The van der Waals surface area contributed by atoms with Crippen molar-refractivity contribution < 1.29 is 9.13 Å². The van der Waals surface area contributed by atoms with Crippen molar-refractivity contribution in [3.8, 4) is 5.75 Å². The number of benzene rings is 2. The summed E-state index contributed by atoms with van der Waals surface area (Å²) >= 11 is 0. The smallest absolute Gasteiger partial charge is 0.123 e. The number of rotatable bonds is 5. The van der Waals surface area contributed by atoms with Crippen molar-refractivity contribution in [2.75, 3.05) is 0 Å². The molecule has 1 N–H and O–H groups in total. The standard InChI is InChI=1S/C22H23FN2O/c23-19-3-1-2-16(12-19)14-25-20-5-8-21(9-6-20)26-22-7-4-18-15-24-11-10-17(18)13-22/h1-4,7,10-13,15,20-21,25H,5-6,8-9,14H2. The number of nitrogens with zero attached hydrogens (tertiary/aromatic N) is 1. The summed E-state index contributed by atoms with van der Waals surface area (Å²) in [6, 6.07) is 15.5. The minimum Gasteiger partial charge on any atom is -0.490 e. The molecule has 1 fully saturated rings. The molecule has 1 heterocycles. The third kappa shape index (κ3) is 4.20. The fourth-order valence-electron chi connectivity index (χ4n) is 3.62. The Morgan fingerprint density at radius 2 is 1.88 bits per heavy atom. The summed E-state index contributed by atoms with van der Waals surface area (Å²) in [5.74, 6) is 0.757. The molecule has 3 nitrogen and oxygen atoms in total. The van der Waals surface area contributed by atoms with Gasteiger partial charge in [-0.25, -0.2) is 4.39 Å². The van der Waals surface area contributed by atoms with Gasteiger partial charge in [0.2, 0.25) is 0 Å². The highest BCUT2D eigenvalue weighted by Gasteiger charge is 2.22. The van der Waals surface area contributed by atoms with Gasteiger partial charge in [-0.05, 0) is 73.0 Å². The Morgan fingerprint density at radius 1 is 1.00 bits per heavy atom. The second-order valence-electron chi connectivity index (χ2n) is 6.99. The highest BCUT2D eigenvalue weighted by molar-refractivity contribution is 5.82. The molecule has 1 aromatic heterocycles. The first-order valence-corrected chi connectivity index (χ1v) is 9.24. The van der Waals surface area contributed by atoms with Gasteiger partial charge >= 0.3 is 0 Å². The maximum absolute atomic E-state index is 13.2. The first-order valence-electron chi connectivity index (χ1n) is 9.24. The van der Waals surface area contributed by atoms with Crippen molar-refractivity contribution in [2.24, 2.45) is 0 Å². The van der Waals surface area contributed by atoms with E-state index in [0.717, 1.165) is 47.8 Å². The van der Waals surface area contributed by atoms with Gasteiger partial charge in [-0.3, -0.25) is 4.98 Å². The van der Waals surface area contributed by atoms with Crippen LogP contribution in [0.15, 0.2) is 60.9 Å². The number of aromatic nitrogens is 1. The Labute approximate surface area is 153 Å². The van der Waals surface area contributed by atoms with Crippen LogP contribution in [0.25, 0.3) is 10.8 Å². The van der Waals surface area contributed by atoms with Crippen molar-refractivity contribution in [2.45, 2.75) is 44.4 Å². The Bertz CT molecular complexity index is 875. The van der Waals surface area contributed by atoms with E-state index in [2.05, 4.69) is 22.4 Å². The average Bonchev–Trinajstić information content (AvgIpc) is 2.67. The number of nitrogens with one attached hydrogen (secondary N) is 1. The maximum atomic E-state index is 13.2. The Kier molecular flexibility index (Phi) is 5.12. The fourth-order valence-corrected chi connectivity index (χ4v) is 3.62. The van der Waals surface area contributed by atoms with Gasteiger partial charge in [0.15, 0.2) is 0 Å². The summed E-state index contributed by atoms with van der Waals surface area (Å²) in [6.45, 7) is 0.715. The van der Waals surface area contributed by atoms with E-state index in [1.54, 1.807) is 12.1 Å². The second kappa shape index (κ2) is 7.83. The van der Waals surface area contributed by atoms with Gasteiger partial charge in [0.05, 0.1) is 6.10 Å². The van der Waals surface area contributed by atoms with E-state index in [1.807, 2.05) is 30.6 Å². The quantitative estimate of drug-likeness (QED) is 0.714. The summed E-state index contributed by atoms with van der Waals surface area (Å²) in [4.78, 5) is 4.14. The van der Waals surface area contributed by atoms with E-state index >= 15 is 0 Å². The van der Waals surface area contributed by atoms with Crippen LogP contribution in [0.5, 0.6) is 5.75 Å². The van der Waals surface area contributed by atoms with Gasteiger partial charge in [0.1, 0.15) is 11.6 Å². The van der Waals surface area contributed by atoms with Crippen LogP contribution < -0.4 is 10.1 Å². The molecule has 4 heteroatoms. The van der Waals surface area contributed by atoms with E-state index in [4.69, 9.17) is 4.74 Å². The predicted octanol–water partition coefficient (Wildman–Crippen LogP) is 4.85. The van der Waals surface area contributed by atoms with Crippen molar-refractivity contribution in [3.63, 3.8) is 0 Å². The lowest BCUT2D eigenvalue weighted by molar-refractivity contribution is 0.139. The fraction of sp³-hybridized carbons (Fsp3) is 0.318. The lowest BCUT2D eigenvalue weighted by Crippen LogP contribution is -2.35. The molecule has 0 spiro atoms. The molecule has 134 valence electrons. The van der Waals surface area contributed by atoms with Crippen molar-refractivity contribution in [1.82, 2.24) is 10.3 Å². The summed E-state index contributed by atoms with van der Waals surface area (Å²) < 4.78 is 19.4. The molecule has 0 aliphatic heterocycles. The molecule has 2 aromatic carbocycles. The monoisotopic (exact) mass is 350 g/mol. The first kappa shape index (κ1) is 17.0. The Balaban J connectivity index is 1.27. The lowest BCUT2D eigenvalue weighted by Gasteiger charge is -2.29. The van der Waals surface area contributed by atoms with Crippen molar-refractivity contribution in [1.29, 1.82) is 0 Å². The highest BCUT2D eigenvalue weighted by Crippen LogP contribution is 2.26. The van der Waals surface area contributed by atoms with E-state index in [0.29, 0.717) is 12.6 Å². The average molecular weight is 350 g/mol. The minimum atomic E-state index is -0.174. The zero-order chi connectivity index (χ0) is 17.8. The van der Waals surface area contributed by atoms with Gasteiger partial charge in [-0.2, -0.15) is 0 Å². The zero-order valence-electron chi connectivity index (χ0n) is 14.7. The molecule has 0 saturated heterocycles. The molecule has 0 atom stereocenters. The lowest BCUT2D eigenvalue weighted by atomic mass is 9.92. The van der Waals surface area contributed by atoms with Gasteiger partial charge in [0, 0.05) is 30.4 Å². The third-order valence-electron chi connectivity index (χ3n) is 5.07. The third-order valence-corrected chi connectivity index (χ3v) is 5.07. The summed E-state index contributed by atoms with van der Waals surface area (Å²) in [5.41, 5.74) is 0.994. The largest absolute Gasteiger partial charge is 0.490 e. The number of halogens is 1. The van der Waals surface area contributed by atoms with Crippen LogP contribution in [0.2, 0.25) is 0 Å². The zero-order valence-corrected chi connectivity index (χ0v) is 14.7. The van der Waals surface area contributed by atoms with Crippen molar-refractivity contribution >= 4 is 10.8 Å².